The van der Waals surface area contributed by atoms with E-state index in [9.17, 15) is 22.8 Å². The van der Waals surface area contributed by atoms with E-state index in [1.165, 1.54) is 0 Å². The molecule has 0 N–H and O–H groups in total. The van der Waals surface area contributed by atoms with Gasteiger partial charge in [0.1, 0.15) is 0 Å². The molecule has 19 heavy (non-hydrogen) atoms. The largest absolute Gasteiger partial charge is 0.492 e. The minimum atomic E-state index is -4.98. The zero-order chi connectivity index (χ0) is 14.0. The topological polar surface area (TPSA) is 49.9 Å². The summed E-state index contributed by atoms with van der Waals surface area (Å²) in [6.07, 6.45) is -3.14. The molecule has 0 aromatic carbocycles. The van der Waals surface area contributed by atoms with Crippen LogP contribution in [-0.2, 0) is 14.4 Å². The number of carbonyl (C=O) groups excluding carboxylic acids is 2. The van der Waals surface area contributed by atoms with Crippen molar-refractivity contribution in [1.29, 1.82) is 0 Å². The summed E-state index contributed by atoms with van der Waals surface area (Å²) in [6, 6.07) is 0. The highest BCUT2D eigenvalue weighted by Gasteiger charge is 2.43. The Kier molecular flexibility index (Phi) is 3.98. The Balaban J connectivity index is 1.76. The summed E-state index contributed by atoms with van der Waals surface area (Å²) in [7, 11) is 0. The van der Waals surface area contributed by atoms with Crippen molar-refractivity contribution < 1.29 is 27.6 Å². The van der Waals surface area contributed by atoms with Gasteiger partial charge in [-0.05, 0) is 19.3 Å². The summed E-state index contributed by atoms with van der Waals surface area (Å²) >= 11 is 0. The number of hydroxylamine groups is 2. The molecule has 0 spiro atoms. The maximum atomic E-state index is 12.0. The molecular weight excluding hydrogens is 265 g/mol. The predicted octanol–water partition coefficient (Wildman–Crippen LogP) is 0.951. The average Bonchev–Trinajstić information content (AvgIpc) is 2.26. The molecule has 108 valence electrons. The Hall–Kier alpha value is -1.31. The average molecular weight is 280 g/mol. The van der Waals surface area contributed by atoms with Crippen LogP contribution < -0.4 is 0 Å². The van der Waals surface area contributed by atoms with Gasteiger partial charge in [-0.3, -0.25) is 4.79 Å². The fourth-order valence-corrected chi connectivity index (χ4v) is 2.16. The van der Waals surface area contributed by atoms with Gasteiger partial charge in [-0.25, -0.2) is 4.79 Å². The summed E-state index contributed by atoms with van der Waals surface area (Å²) in [6.45, 7) is 1.85. The third-order valence-electron chi connectivity index (χ3n) is 3.41. The van der Waals surface area contributed by atoms with Gasteiger partial charge in [0.25, 0.3) is 0 Å². The molecule has 2 aliphatic heterocycles. The summed E-state index contributed by atoms with van der Waals surface area (Å²) in [4.78, 5) is 28.5. The maximum absolute atomic E-state index is 12.0. The molecule has 0 aromatic rings. The van der Waals surface area contributed by atoms with Gasteiger partial charge in [0.2, 0.25) is 5.91 Å². The number of hydrogen-bond donors (Lipinski definition) is 0. The van der Waals surface area contributed by atoms with Gasteiger partial charge in [0, 0.05) is 32.1 Å². The molecule has 8 heteroatoms. The van der Waals surface area contributed by atoms with Gasteiger partial charge in [0.05, 0.1) is 0 Å². The van der Waals surface area contributed by atoms with E-state index >= 15 is 0 Å². The summed E-state index contributed by atoms with van der Waals surface area (Å²) in [5.74, 6) is -2.31. The molecule has 2 saturated heterocycles. The number of nitrogens with zero attached hydrogens (tertiary/aromatic N) is 2. The van der Waals surface area contributed by atoms with Gasteiger partial charge < -0.3 is 9.74 Å². The number of piperidine rings is 1. The molecule has 0 saturated carbocycles. The highest BCUT2D eigenvalue weighted by atomic mass is 19.4. The summed E-state index contributed by atoms with van der Waals surface area (Å²) in [5, 5.41) is 0.982. The molecule has 0 radical (unpaired) electrons. The molecule has 0 unspecified atom stereocenters. The van der Waals surface area contributed by atoms with Crippen molar-refractivity contribution in [3.63, 3.8) is 0 Å². The second-order valence-electron chi connectivity index (χ2n) is 4.76. The quantitative estimate of drug-likeness (QED) is 0.755. The maximum Gasteiger partial charge on any atom is 0.492 e. The number of amides is 1. The SMILES string of the molecule is O=C(C1CCN(OC(=O)C(F)(F)F)CC1)N1CCC1. The molecule has 0 atom stereocenters. The van der Waals surface area contributed by atoms with Crippen molar-refractivity contribution in [3.8, 4) is 0 Å². The van der Waals surface area contributed by atoms with Crippen LogP contribution in [0.15, 0.2) is 0 Å². The Morgan fingerprint density at radius 1 is 1.05 bits per heavy atom. The summed E-state index contributed by atoms with van der Waals surface area (Å²) < 4.78 is 36.0. The third-order valence-corrected chi connectivity index (χ3v) is 3.41. The Bertz CT molecular complexity index is 361. The van der Waals surface area contributed by atoms with Gasteiger partial charge in [-0.15, -0.1) is 5.06 Å². The van der Waals surface area contributed by atoms with Crippen LogP contribution in [0, 0.1) is 5.92 Å². The Morgan fingerprint density at radius 2 is 1.63 bits per heavy atom. The van der Waals surface area contributed by atoms with Crippen molar-refractivity contribution in [2.45, 2.75) is 25.4 Å². The number of carbonyl (C=O) groups is 2. The first-order valence-corrected chi connectivity index (χ1v) is 6.21. The smallest absolute Gasteiger partial charge is 0.361 e. The van der Waals surface area contributed by atoms with Crippen LogP contribution in [0.4, 0.5) is 13.2 Å². The van der Waals surface area contributed by atoms with E-state index in [1.54, 1.807) is 4.90 Å². The van der Waals surface area contributed by atoms with Crippen LogP contribution in [-0.4, -0.2) is 54.2 Å². The Morgan fingerprint density at radius 3 is 2.05 bits per heavy atom. The molecule has 0 aliphatic carbocycles. The van der Waals surface area contributed by atoms with E-state index in [4.69, 9.17) is 0 Å². The van der Waals surface area contributed by atoms with Crippen LogP contribution in [0.25, 0.3) is 0 Å². The number of likely N-dealkylation sites (tertiary alicyclic amines) is 1. The monoisotopic (exact) mass is 280 g/mol. The number of hydrogen-bond acceptors (Lipinski definition) is 4. The van der Waals surface area contributed by atoms with E-state index in [2.05, 4.69) is 4.84 Å². The van der Waals surface area contributed by atoms with E-state index < -0.39 is 12.1 Å². The van der Waals surface area contributed by atoms with Gasteiger partial charge in [-0.2, -0.15) is 13.2 Å². The van der Waals surface area contributed by atoms with Crippen molar-refractivity contribution in [1.82, 2.24) is 9.96 Å². The standard InChI is InChI=1S/C11H15F3N2O3/c12-11(13,14)10(18)19-16-6-2-8(3-7-16)9(17)15-4-1-5-15/h8H,1-7H2. The van der Waals surface area contributed by atoms with Gasteiger partial charge >= 0.3 is 12.1 Å². The third kappa shape index (κ3) is 3.37. The van der Waals surface area contributed by atoms with E-state index in [-0.39, 0.29) is 24.9 Å². The molecule has 5 nitrogen and oxygen atoms in total. The molecule has 2 aliphatic rings. The van der Waals surface area contributed by atoms with Crippen LogP contribution in [0.1, 0.15) is 19.3 Å². The lowest BCUT2D eigenvalue weighted by atomic mass is 9.95. The highest BCUT2D eigenvalue weighted by Crippen LogP contribution is 2.24. The van der Waals surface area contributed by atoms with Crippen molar-refractivity contribution >= 4 is 11.9 Å². The summed E-state index contributed by atoms with van der Waals surface area (Å²) in [5.41, 5.74) is 0. The second kappa shape index (κ2) is 5.36. The van der Waals surface area contributed by atoms with Crippen molar-refractivity contribution in [3.05, 3.63) is 0 Å². The second-order valence-corrected chi connectivity index (χ2v) is 4.76. The highest BCUT2D eigenvalue weighted by molar-refractivity contribution is 5.79. The van der Waals surface area contributed by atoms with E-state index in [1.807, 2.05) is 0 Å². The first-order chi connectivity index (χ1) is 8.88. The minimum Gasteiger partial charge on any atom is -0.361 e. The fraction of sp³-hybridized carbons (Fsp3) is 0.818. The fourth-order valence-electron chi connectivity index (χ4n) is 2.16. The molecular formula is C11H15F3N2O3. The van der Waals surface area contributed by atoms with Gasteiger partial charge in [-0.1, -0.05) is 0 Å². The van der Waals surface area contributed by atoms with Crippen LogP contribution in [0.3, 0.4) is 0 Å². The van der Waals surface area contributed by atoms with Crippen molar-refractivity contribution in [2.75, 3.05) is 26.2 Å². The number of rotatable bonds is 2. The lowest BCUT2D eigenvalue weighted by molar-refractivity contribution is -0.242. The first kappa shape index (κ1) is 14.1. The molecule has 2 heterocycles. The first-order valence-electron chi connectivity index (χ1n) is 6.21. The van der Waals surface area contributed by atoms with E-state index in [0.29, 0.717) is 12.8 Å². The van der Waals surface area contributed by atoms with Gasteiger partial charge in [0.15, 0.2) is 0 Å². The molecule has 2 rings (SSSR count). The zero-order valence-corrected chi connectivity index (χ0v) is 10.3. The number of alkyl halides is 3. The van der Waals surface area contributed by atoms with Crippen LogP contribution in [0.5, 0.6) is 0 Å². The van der Waals surface area contributed by atoms with Crippen LogP contribution >= 0.6 is 0 Å². The molecule has 0 bridgehead atoms. The molecule has 0 aromatic heterocycles. The number of halogens is 3. The lowest BCUT2D eigenvalue weighted by Crippen LogP contribution is -2.48. The lowest BCUT2D eigenvalue weighted by Gasteiger charge is -2.37. The predicted molar refractivity (Wildman–Crippen MR) is 57.6 cm³/mol. The van der Waals surface area contributed by atoms with E-state index in [0.717, 1.165) is 24.6 Å². The van der Waals surface area contributed by atoms with Crippen molar-refractivity contribution in [2.24, 2.45) is 5.92 Å². The van der Waals surface area contributed by atoms with Crippen LogP contribution in [0.2, 0.25) is 0 Å². The Labute approximate surface area is 108 Å². The minimum absolute atomic E-state index is 0.0630. The normalized spacial score (nSPS) is 21.9. The molecule has 1 amide bonds. The molecule has 2 fully saturated rings. The zero-order valence-electron chi connectivity index (χ0n) is 10.3.